The minimum Gasteiger partial charge on any atom is -0.457 e. The molecule has 0 atom stereocenters. The molecule has 1 heterocycles. The van der Waals surface area contributed by atoms with Gasteiger partial charge < -0.3 is 15.1 Å². The van der Waals surface area contributed by atoms with Crippen LogP contribution in [0.1, 0.15) is 29.3 Å². The van der Waals surface area contributed by atoms with Crippen LogP contribution in [0.4, 0.5) is 11.4 Å². The minimum absolute atomic E-state index is 0.0753. The van der Waals surface area contributed by atoms with Crippen LogP contribution in [-0.4, -0.2) is 11.8 Å². The third kappa shape index (κ3) is 3.72. The Morgan fingerprint density at radius 2 is 2.00 bits per heavy atom. The van der Waals surface area contributed by atoms with Crippen LogP contribution in [-0.2, 0) is 4.79 Å². The first kappa shape index (κ1) is 15.3. The lowest BCUT2D eigenvalue weighted by Gasteiger charge is -2.11. The summed E-state index contributed by atoms with van der Waals surface area (Å²) in [6, 6.07) is 6.95. The summed E-state index contributed by atoms with van der Waals surface area (Å²) in [4.78, 5) is 23.6. The predicted molar refractivity (Wildman–Crippen MR) is 84.5 cm³/mol. The maximum absolute atomic E-state index is 12.1. The van der Waals surface area contributed by atoms with Crippen LogP contribution in [0.25, 0.3) is 0 Å². The summed E-state index contributed by atoms with van der Waals surface area (Å²) in [6.45, 7) is 3.66. The summed E-state index contributed by atoms with van der Waals surface area (Å²) in [5, 5.41) is 5.57. The second kappa shape index (κ2) is 6.58. The van der Waals surface area contributed by atoms with E-state index >= 15 is 0 Å². The minimum atomic E-state index is -0.280. The molecule has 0 saturated heterocycles. The zero-order chi connectivity index (χ0) is 15.4. The molecule has 21 heavy (non-hydrogen) atoms. The Labute approximate surface area is 130 Å². The number of nitrogens with one attached hydrogen (secondary N) is 2. The Morgan fingerprint density at radius 3 is 2.62 bits per heavy atom. The smallest absolute Gasteiger partial charge is 0.260 e. The topological polar surface area (TPSA) is 71.3 Å². The second-order valence-corrected chi connectivity index (χ2v) is 5.21. The predicted octanol–water partition coefficient (Wildman–Crippen LogP) is 3.95. The molecule has 1 aromatic carbocycles. The summed E-state index contributed by atoms with van der Waals surface area (Å²) in [5.41, 5.74) is 2.60. The van der Waals surface area contributed by atoms with Crippen molar-refractivity contribution in [1.29, 1.82) is 0 Å². The molecule has 1 aromatic heterocycles. The van der Waals surface area contributed by atoms with E-state index in [2.05, 4.69) is 26.6 Å². The fourth-order valence-electron chi connectivity index (χ4n) is 1.73. The van der Waals surface area contributed by atoms with Gasteiger partial charge in [-0.05, 0) is 46.6 Å². The molecule has 0 radical (unpaired) electrons. The van der Waals surface area contributed by atoms with E-state index in [9.17, 15) is 9.59 Å². The molecule has 0 aliphatic carbocycles. The van der Waals surface area contributed by atoms with Gasteiger partial charge in [-0.2, -0.15) is 0 Å². The molecule has 5 nitrogen and oxygen atoms in total. The zero-order valence-corrected chi connectivity index (χ0v) is 13.3. The average molecular weight is 351 g/mol. The third-order valence-corrected chi connectivity index (χ3v) is 3.57. The third-order valence-electron chi connectivity index (χ3n) is 2.95. The van der Waals surface area contributed by atoms with Crippen LogP contribution in [0, 0.1) is 6.92 Å². The first-order valence-corrected chi connectivity index (χ1v) is 7.25. The largest absolute Gasteiger partial charge is 0.457 e. The van der Waals surface area contributed by atoms with Gasteiger partial charge in [-0.1, -0.05) is 13.0 Å². The number of rotatable bonds is 4. The van der Waals surface area contributed by atoms with Crippen molar-refractivity contribution in [2.75, 3.05) is 10.6 Å². The van der Waals surface area contributed by atoms with E-state index in [0.717, 1.165) is 5.56 Å². The fraction of sp³-hybridized carbons (Fsp3) is 0.200. The first-order valence-electron chi connectivity index (χ1n) is 6.46. The molecule has 2 N–H and O–H groups in total. The average Bonchev–Trinajstić information content (AvgIpc) is 2.88. The van der Waals surface area contributed by atoms with Crippen molar-refractivity contribution in [3.8, 4) is 0 Å². The molecule has 6 heteroatoms. The molecular weight excluding hydrogens is 336 g/mol. The Morgan fingerprint density at radius 1 is 1.24 bits per heavy atom. The van der Waals surface area contributed by atoms with Crippen molar-refractivity contribution >= 4 is 39.1 Å². The van der Waals surface area contributed by atoms with E-state index in [0.29, 0.717) is 28.0 Å². The first-order chi connectivity index (χ1) is 10.0. The monoisotopic (exact) mass is 350 g/mol. The van der Waals surface area contributed by atoms with Crippen molar-refractivity contribution in [2.45, 2.75) is 20.3 Å². The maximum Gasteiger partial charge on any atom is 0.260 e. The van der Waals surface area contributed by atoms with Crippen LogP contribution in [0.5, 0.6) is 0 Å². The number of furan rings is 1. The zero-order valence-electron chi connectivity index (χ0n) is 11.7. The van der Waals surface area contributed by atoms with Crippen LogP contribution in [0.3, 0.4) is 0 Å². The highest BCUT2D eigenvalue weighted by molar-refractivity contribution is 9.10. The van der Waals surface area contributed by atoms with E-state index < -0.39 is 0 Å². The lowest BCUT2D eigenvalue weighted by atomic mass is 10.1. The summed E-state index contributed by atoms with van der Waals surface area (Å²) >= 11 is 3.17. The number of aryl methyl sites for hydroxylation is 1. The highest BCUT2D eigenvalue weighted by atomic mass is 79.9. The molecule has 0 saturated carbocycles. The van der Waals surface area contributed by atoms with Gasteiger partial charge in [0.15, 0.2) is 4.67 Å². The van der Waals surface area contributed by atoms with Gasteiger partial charge in [-0.15, -0.1) is 0 Å². The van der Waals surface area contributed by atoms with Gasteiger partial charge >= 0.3 is 0 Å². The van der Waals surface area contributed by atoms with Gasteiger partial charge in [0.2, 0.25) is 5.91 Å². The van der Waals surface area contributed by atoms with Crippen molar-refractivity contribution in [3.63, 3.8) is 0 Å². The number of hydrogen-bond acceptors (Lipinski definition) is 3. The van der Waals surface area contributed by atoms with E-state index in [1.165, 1.54) is 6.26 Å². The van der Waals surface area contributed by atoms with Crippen LogP contribution in [0.2, 0.25) is 0 Å². The molecule has 2 aromatic rings. The maximum atomic E-state index is 12.1. The number of benzene rings is 1. The highest BCUT2D eigenvalue weighted by Gasteiger charge is 2.14. The number of hydrogen-bond donors (Lipinski definition) is 2. The lowest BCUT2D eigenvalue weighted by molar-refractivity contribution is -0.115. The molecule has 110 valence electrons. The van der Waals surface area contributed by atoms with Gasteiger partial charge in [0, 0.05) is 17.8 Å². The quantitative estimate of drug-likeness (QED) is 0.876. The number of halogens is 1. The fourth-order valence-corrected chi connectivity index (χ4v) is 2.15. The van der Waals surface area contributed by atoms with Gasteiger partial charge in [0.25, 0.3) is 5.91 Å². The van der Waals surface area contributed by atoms with Crippen LogP contribution < -0.4 is 10.6 Å². The Balaban J connectivity index is 2.19. The van der Waals surface area contributed by atoms with E-state index in [1.807, 2.05) is 13.0 Å². The van der Waals surface area contributed by atoms with Gasteiger partial charge in [-0.25, -0.2) is 0 Å². The number of carbonyl (C=O) groups is 2. The summed E-state index contributed by atoms with van der Waals surface area (Å²) in [5.74, 6) is -0.355. The van der Waals surface area contributed by atoms with Gasteiger partial charge in [-0.3, -0.25) is 9.59 Å². The van der Waals surface area contributed by atoms with Crippen molar-refractivity contribution in [1.82, 2.24) is 0 Å². The van der Waals surface area contributed by atoms with Crippen LogP contribution >= 0.6 is 15.9 Å². The molecule has 0 bridgehead atoms. The Hall–Kier alpha value is -2.08. The molecule has 0 unspecified atom stereocenters. The highest BCUT2D eigenvalue weighted by Crippen LogP contribution is 2.23. The Kier molecular flexibility index (Phi) is 4.80. The molecule has 0 aliphatic rings. The van der Waals surface area contributed by atoms with Crippen molar-refractivity contribution in [2.24, 2.45) is 0 Å². The number of amides is 2. The summed E-state index contributed by atoms with van der Waals surface area (Å²) in [7, 11) is 0. The standard InChI is InChI=1S/C15H15BrN2O3/c1-3-13(19)17-10-5-4-9(2)12(8-10)18-15(20)11-6-7-21-14(11)16/h4-8H,3H2,1-2H3,(H,17,19)(H,18,20). The number of anilines is 2. The van der Waals surface area contributed by atoms with E-state index in [1.54, 1.807) is 25.1 Å². The second-order valence-electron chi connectivity index (χ2n) is 4.49. The molecule has 0 fully saturated rings. The van der Waals surface area contributed by atoms with E-state index in [4.69, 9.17) is 4.42 Å². The van der Waals surface area contributed by atoms with E-state index in [-0.39, 0.29) is 11.8 Å². The van der Waals surface area contributed by atoms with Crippen molar-refractivity contribution < 1.29 is 14.0 Å². The van der Waals surface area contributed by atoms with Crippen LogP contribution in [0.15, 0.2) is 39.6 Å². The van der Waals surface area contributed by atoms with Gasteiger partial charge in [0.1, 0.15) is 0 Å². The lowest BCUT2D eigenvalue weighted by Crippen LogP contribution is -2.14. The summed E-state index contributed by atoms with van der Waals surface area (Å²) < 4.78 is 5.43. The molecule has 2 amide bonds. The Bertz CT molecular complexity index is 679. The van der Waals surface area contributed by atoms with Gasteiger partial charge in [0.05, 0.1) is 11.8 Å². The SMILES string of the molecule is CCC(=O)Nc1ccc(C)c(NC(=O)c2ccoc2Br)c1. The molecule has 0 aliphatic heterocycles. The van der Waals surface area contributed by atoms with Crippen molar-refractivity contribution in [3.05, 3.63) is 46.3 Å². The summed E-state index contributed by atoms with van der Waals surface area (Å²) in [6.07, 6.45) is 1.83. The molecular formula is C15H15BrN2O3. The molecule has 0 spiro atoms. The number of carbonyl (C=O) groups excluding carboxylic acids is 2. The normalized spacial score (nSPS) is 10.2. The molecule has 2 rings (SSSR count).